The summed E-state index contributed by atoms with van der Waals surface area (Å²) >= 11 is 1.04. The second kappa shape index (κ2) is 5.12. The summed E-state index contributed by atoms with van der Waals surface area (Å²) in [5.41, 5.74) is 0.346. The Bertz CT molecular complexity index is 535. The van der Waals surface area contributed by atoms with Gasteiger partial charge in [-0.25, -0.2) is 4.79 Å². The Balaban J connectivity index is 2.33. The van der Waals surface area contributed by atoms with Crippen molar-refractivity contribution in [1.29, 1.82) is 0 Å². The average molecular weight is 297 g/mol. The summed E-state index contributed by atoms with van der Waals surface area (Å²) in [6.45, 7) is 8.21. The number of likely N-dealkylation sites (tertiary alicyclic amines) is 1. The fourth-order valence-corrected chi connectivity index (χ4v) is 3.34. The van der Waals surface area contributed by atoms with Gasteiger partial charge in [-0.2, -0.15) is 0 Å². The van der Waals surface area contributed by atoms with Crippen LogP contribution in [0.5, 0.6) is 0 Å². The van der Waals surface area contributed by atoms with Gasteiger partial charge in [-0.1, -0.05) is 32.2 Å². The molecule has 2 atom stereocenters. The van der Waals surface area contributed by atoms with E-state index < -0.39 is 12.0 Å². The largest absolute Gasteiger partial charge is 0.480 e. The summed E-state index contributed by atoms with van der Waals surface area (Å²) in [6, 6.07) is -0.752. The third kappa shape index (κ3) is 2.54. The number of hydrogen-bond donors (Lipinski definition) is 1. The molecular formula is C13H19N3O3S. The molecule has 7 heteroatoms. The standard InChI is InChI=1S/C13H19N3O3S/c1-7-5-6-16(8(7)12(18)19)11(17)9-10(13(2,3)4)14-15-20-9/h7-8H,5-6H2,1-4H3,(H,18,19). The Morgan fingerprint density at radius 1 is 1.40 bits per heavy atom. The number of carboxylic acid groups (broad SMARTS) is 1. The quantitative estimate of drug-likeness (QED) is 0.899. The first-order valence-corrected chi connectivity index (χ1v) is 7.37. The number of aromatic nitrogens is 2. The third-order valence-electron chi connectivity index (χ3n) is 3.61. The van der Waals surface area contributed by atoms with Crippen molar-refractivity contribution in [2.24, 2.45) is 5.92 Å². The van der Waals surface area contributed by atoms with E-state index in [2.05, 4.69) is 9.59 Å². The summed E-state index contributed by atoms with van der Waals surface area (Å²) in [4.78, 5) is 25.9. The second-order valence-corrected chi connectivity index (χ2v) is 7.00. The smallest absolute Gasteiger partial charge is 0.326 e. The Hall–Kier alpha value is -1.50. The Kier molecular flexibility index (Phi) is 3.82. The molecule has 2 heterocycles. The lowest BCUT2D eigenvalue weighted by molar-refractivity contribution is -0.142. The van der Waals surface area contributed by atoms with Gasteiger partial charge in [0.15, 0.2) is 0 Å². The van der Waals surface area contributed by atoms with Crippen molar-refractivity contribution < 1.29 is 14.7 Å². The zero-order valence-corrected chi connectivity index (χ0v) is 12.9. The van der Waals surface area contributed by atoms with Crippen molar-refractivity contribution in [2.45, 2.75) is 45.6 Å². The van der Waals surface area contributed by atoms with Crippen molar-refractivity contribution in [3.05, 3.63) is 10.6 Å². The van der Waals surface area contributed by atoms with Crippen LogP contribution in [0.4, 0.5) is 0 Å². The van der Waals surface area contributed by atoms with Crippen molar-refractivity contribution in [3.63, 3.8) is 0 Å². The van der Waals surface area contributed by atoms with E-state index in [0.717, 1.165) is 11.5 Å². The van der Waals surface area contributed by atoms with Crippen LogP contribution in [-0.2, 0) is 10.2 Å². The zero-order valence-electron chi connectivity index (χ0n) is 12.1. The summed E-state index contributed by atoms with van der Waals surface area (Å²) in [5, 5.41) is 13.4. The molecule has 1 saturated heterocycles. The lowest BCUT2D eigenvalue weighted by Gasteiger charge is -2.24. The van der Waals surface area contributed by atoms with Gasteiger partial charge >= 0.3 is 5.97 Å². The van der Waals surface area contributed by atoms with Crippen molar-refractivity contribution in [3.8, 4) is 0 Å². The fraction of sp³-hybridized carbons (Fsp3) is 0.692. The molecule has 110 valence electrons. The van der Waals surface area contributed by atoms with Gasteiger partial charge in [0.2, 0.25) is 0 Å². The molecule has 1 fully saturated rings. The maximum absolute atomic E-state index is 12.6. The fourth-order valence-electron chi connectivity index (χ4n) is 2.50. The van der Waals surface area contributed by atoms with Gasteiger partial charge in [-0.15, -0.1) is 5.10 Å². The molecule has 1 aliphatic rings. The number of rotatable bonds is 2. The van der Waals surface area contributed by atoms with Gasteiger partial charge in [0.25, 0.3) is 5.91 Å². The molecular weight excluding hydrogens is 278 g/mol. The molecule has 1 N–H and O–H groups in total. The summed E-state index contributed by atoms with van der Waals surface area (Å²) in [7, 11) is 0. The molecule has 1 aromatic rings. The van der Waals surface area contributed by atoms with E-state index >= 15 is 0 Å². The van der Waals surface area contributed by atoms with Crippen LogP contribution < -0.4 is 0 Å². The van der Waals surface area contributed by atoms with Gasteiger partial charge in [0, 0.05) is 12.0 Å². The molecule has 0 spiro atoms. The van der Waals surface area contributed by atoms with Crippen molar-refractivity contribution in [2.75, 3.05) is 6.54 Å². The molecule has 2 rings (SSSR count). The minimum atomic E-state index is -0.946. The molecule has 0 bridgehead atoms. The Morgan fingerprint density at radius 3 is 2.60 bits per heavy atom. The summed E-state index contributed by atoms with van der Waals surface area (Å²) in [5.74, 6) is -1.24. The molecule has 0 saturated carbocycles. The van der Waals surface area contributed by atoms with Crippen LogP contribution in [0.25, 0.3) is 0 Å². The molecule has 1 aromatic heterocycles. The topological polar surface area (TPSA) is 83.4 Å². The third-order valence-corrected chi connectivity index (χ3v) is 4.32. The normalized spacial score (nSPS) is 23.1. The van der Waals surface area contributed by atoms with Crippen LogP contribution in [0, 0.1) is 5.92 Å². The number of carbonyl (C=O) groups is 2. The predicted octanol–water partition coefficient (Wildman–Crippen LogP) is 1.77. The van der Waals surface area contributed by atoms with Crippen LogP contribution in [0.3, 0.4) is 0 Å². The second-order valence-electron chi connectivity index (χ2n) is 6.25. The lowest BCUT2D eigenvalue weighted by Crippen LogP contribution is -2.43. The van der Waals surface area contributed by atoms with Gasteiger partial charge in [-0.05, 0) is 23.9 Å². The van der Waals surface area contributed by atoms with Crippen LogP contribution >= 0.6 is 11.5 Å². The molecule has 0 aromatic carbocycles. The molecule has 0 radical (unpaired) electrons. The van der Waals surface area contributed by atoms with Gasteiger partial charge in [0.05, 0.1) is 5.69 Å². The van der Waals surface area contributed by atoms with Crippen LogP contribution in [0.2, 0.25) is 0 Å². The van der Waals surface area contributed by atoms with E-state index in [4.69, 9.17) is 0 Å². The van der Waals surface area contributed by atoms with Crippen LogP contribution in [-0.4, -0.2) is 44.1 Å². The SMILES string of the molecule is CC1CCN(C(=O)c2snnc2C(C)(C)C)C1C(=O)O. The number of aliphatic carboxylic acids is 1. The number of carbonyl (C=O) groups excluding carboxylic acids is 1. The van der Waals surface area contributed by atoms with Crippen LogP contribution in [0.15, 0.2) is 0 Å². The highest BCUT2D eigenvalue weighted by Crippen LogP contribution is 2.31. The van der Waals surface area contributed by atoms with Gasteiger partial charge in [-0.3, -0.25) is 4.79 Å². The maximum Gasteiger partial charge on any atom is 0.326 e. The highest BCUT2D eigenvalue weighted by Gasteiger charge is 2.41. The van der Waals surface area contributed by atoms with Crippen molar-refractivity contribution >= 4 is 23.4 Å². The van der Waals surface area contributed by atoms with E-state index in [9.17, 15) is 14.7 Å². The van der Waals surface area contributed by atoms with E-state index in [1.165, 1.54) is 4.90 Å². The molecule has 0 aliphatic carbocycles. The summed E-state index contributed by atoms with van der Waals surface area (Å²) in [6.07, 6.45) is 0.708. The highest BCUT2D eigenvalue weighted by molar-refractivity contribution is 7.08. The Labute approximate surface area is 122 Å². The first-order chi connectivity index (χ1) is 9.23. The number of carboxylic acids is 1. The highest BCUT2D eigenvalue weighted by atomic mass is 32.1. The Morgan fingerprint density at radius 2 is 2.05 bits per heavy atom. The van der Waals surface area contributed by atoms with E-state index in [-0.39, 0.29) is 17.2 Å². The van der Waals surface area contributed by atoms with Gasteiger partial charge in [0.1, 0.15) is 10.9 Å². The summed E-state index contributed by atoms with van der Waals surface area (Å²) < 4.78 is 3.87. The van der Waals surface area contributed by atoms with Crippen LogP contribution in [0.1, 0.15) is 49.5 Å². The number of hydrogen-bond acceptors (Lipinski definition) is 5. The van der Waals surface area contributed by atoms with E-state index in [1.54, 1.807) is 0 Å². The number of nitrogens with zero attached hydrogens (tertiary/aromatic N) is 3. The van der Waals surface area contributed by atoms with E-state index in [1.807, 2.05) is 27.7 Å². The zero-order chi connectivity index (χ0) is 15.1. The molecule has 20 heavy (non-hydrogen) atoms. The van der Waals surface area contributed by atoms with E-state index in [0.29, 0.717) is 23.5 Å². The lowest BCUT2D eigenvalue weighted by atomic mass is 9.91. The minimum Gasteiger partial charge on any atom is -0.480 e. The molecule has 1 amide bonds. The molecule has 2 unspecified atom stereocenters. The minimum absolute atomic E-state index is 0.0320. The monoisotopic (exact) mass is 297 g/mol. The maximum atomic E-state index is 12.6. The number of amides is 1. The predicted molar refractivity (Wildman–Crippen MR) is 74.9 cm³/mol. The first kappa shape index (κ1) is 14.9. The molecule has 6 nitrogen and oxygen atoms in total. The van der Waals surface area contributed by atoms with Gasteiger partial charge < -0.3 is 10.0 Å². The van der Waals surface area contributed by atoms with Crippen molar-refractivity contribution in [1.82, 2.24) is 14.5 Å². The average Bonchev–Trinajstić information content (AvgIpc) is 2.92. The first-order valence-electron chi connectivity index (χ1n) is 6.60. The molecule has 1 aliphatic heterocycles.